The molecule has 4 aliphatic rings. The van der Waals surface area contributed by atoms with Crippen molar-refractivity contribution in [2.75, 3.05) is 20.3 Å². The number of fused-ring (bicyclic) bond motifs is 3. The monoisotopic (exact) mass is 569 g/mol. The molecule has 1 saturated carbocycles. The lowest BCUT2D eigenvalue weighted by Gasteiger charge is -2.31. The zero-order chi connectivity index (χ0) is 29.4. The smallest absolute Gasteiger partial charge is 0.234 e. The molecule has 3 fully saturated rings. The molecule has 0 radical (unpaired) electrons. The predicted octanol–water partition coefficient (Wildman–Crippen LogP) is 6.63. The van der Waals surface area contributed by atoms with Gasteiger partial charge in [0.05, 0.1) is 31.2 Å². The molecule has 6 rings (SSSR count). The Bertz CT molecular complexity index is 1380. The van der Waals surface area contributed by atoms with Crippen LogP contribution in [-0.4, -0.2) is 54.3 Å². The number of nitrogens with zero attached hydrogens (tertiary/aromatic N) is 1. The number of phenols is 1. The number of carbonyl (C=O) groups is 2. The molecule has 2 aromatic rings. The normalized spacial score (nSPS) is 26.6. The van der Waals surface area contributed by atoms with Gasteiger partial charge in [-0.25, -0.2) is 0 Å². The topological polar surface area (TPSA) is 76.1 Å². The highest BCUT2D eigenvalue weighted by atomic mass is 16.5. The number of carbonyl (C=O) groups excluding carboxylic acids is 2. The van der Waals surface area contributed by atoms with Crippen molar-refractivity contribution in [2.45, 2.75) is 77.4 Å². The number of benzene rings is 2. The highest BCUT2D eigenvalue weighted by Gasteiger charge is 2.58. The van der Waals surface area contributed by atoms with Crippen LogP contribution in [0.2, 0.25) is 0 Å². The Labute approximate surface area is 249 Å². The number of phenolic OH excluding ortho intramolecular Hbond substituents is 1. The quantitative estimate of drug-likeness (QED) is 0.220. The molecule has 2 saturated heterocycles. The number of amides is 2. The zero-order valence-electron chi connectivity index (χ0n) is 25.1. The van der Waals surface area contributed by atoms with E-state index in [1.807, 2.05) is 32.0 Å². The van der Waals surface area contributed by atoms with Crippen LogP contribution in [0.5, 0.6) is 5.75 Å². The summed E-state index contributed by atoms with van der Waals surface area (Å²) in [5.74, 6) is -0.261. The third kappa shape index (κ3) is 5.35. The van der Waals surface area contributed by atoms with E-state index in [2.05, 4.69) is 30.3 Å². The molecular formula is C36H43NO5. The Morgan fingerprint density at radius 3 is 2.43 bits per heavy atom. The first-order valence-corrected chi connectivity index (χ1v) is 15.6. The molecule has 4 atom stereocenters. The minimum absolute atomic E-state index is 0.0294. The van der Waals surface area contributed by atoms with Gasteiger partial charge in [0, 0.05) is 19.1 Å². The molecule has 2 aromatic carbocycles. The number of methoxy groups -OCH3 is 1. The highest BCUT2D eigenvalue weighted by Crippen LogP contribution is 2.51. The minimum atomic E-state index is -0.313. The maximum atomic E-state index is 13.9. The SMILES string of the molecule is COCC1=C2[C@@H](CC/C(=C/c3cc(C)c(O)c(C)c3)c3ccccc3)OC[C@@H]2[C@@H]2C(=O)N(C3CCCCC3)C(=O)[C@@H]2C1. The van der Waals surface area contributed by atoms with Crippen molar-refractivity contribution in [3.05, 3.63) is 75.9 Å². The molecule has 0 unspecified atom stereocenters. The first kappa shape index (κ1) is 28.9. The van der Waals surface area contributed by atoms with Crippen LogP contribution in [-0.2, 0) is 19.1 Å². The number of hydrogen-bond acceptors (Lipinski definition) is 5. The number of aryl methyl sites for hydroxylation is 2. The Morgan fingerprint density at radius 2 is 1.74 bits per heavy atom. The van der Waals surface area contributed by atoms with Gasteiger partial charge in [0.2, 0.25) is 11.8 Å². The van der Waals surface area contributed by atoms with Gasteiger partial charge in [-0.05, 0) is 97.1 Å². The molecule has 2 aliphatic heterocycles. The van der Waals surface area contributed by atoms with Gasteiger partial charge in [0.15, 0.2) is 0 Å². The molecule has 0 spiro atoms. The summed E-state index contributed by atoms with van der Waals surface area (Å²) in [7, 11) is 1.70. The molecule has 222 valence electrons. The van der Waals surface area contributed by atoms with E-state index in [4.69, 9.17) is 9.47 Å². The van der Waals surface area contributed by atoms with E-state index in [0.29, 0.717) is 25.4 Å². The van der Waals surface area contributed by atoms with E-state index in [1.54, 1.807) is 12.0 Å². The van der Waals surface area contributed by atoms with Crippen molar-refractivity contribution < 1.29 is 24.2 Å². The molecule has 0 aromatic heterocycles. The average molecular weight is 570 g/mol. The molecule has 2 aliphatic carbocycles. The van der Waals surface area contributed by atoms with Gasteiger partial charge in [0.25, 0.3) is 0 Å². The Balaban J connectivity index is 1.27. The van der Waals surface area contributed by atoms with E-state index in [-0.39, 0.29) is 41.7 Å². The number of hydrogen-bond donors (Lipinski definition) is 1. The van der Waals surface area contributed by atoms with Crippen LogP contribution in [0.25, 0.3) is 11.6 Å². The van der Waals surface area contributed by atoms with Crippen LogP contribution < -0.4 is 0 Å². The van der Waals surface area contributed by atoms with Crippen LogP contribution in [0.4, 0.5) is 0 Å². The van der Waals surface area contributed by atoms with Crippen molar-refractivity contribution in [1.82, 2.24) is 4.90 Å². The maximum absolute atomic E-state index is 13.9. The summed E-state index contributed by atoms with van der Waals surface area (Å²) in [6.45, 7) is 4.80. The van der Waals surface area contributed by atoms with Crippen molar-refractivity contribution >= 4 is 23.5 Å². The number of allylic oxidation sites excluding steroid dienone is 1. The van der Waals surface area contributed by atoms with Gasteiger partial charge in [-0.2, -0.15) is 0 Å². The Hall–Kier alpha value is -3.22. The van der Waals surface area contributed by atoms with E-state index >= 15 is 0 Å². The third-order valence-corrected chi connectivity index (χ3v) is 9.98. The van der Waals surface area contributed by atoms with Crippen LogP contribution in [0, 0.1) is 31.6 Å². The zero-order valence-corrected chi connectivity index (χ0v) is 25.1. The molecule has 42 heavy (non-hydrogen) atoms. The van der Waals surface area contributed by atoms with E-state index in [9.17, 15) is 14.7 Å². The fraction of sp³-hybridized carbons (Fsp3) is 0.500. The van der Waals surface area contributed by atoms with E-state index in [1.165, 1.54) is 17.6 Å². The minimum Gasteiger partial charge on any atom is -0.507 e. The molecule has 2 amide bonds. The van der Waals surface area contributed by atoms with Crippen molar-refractivity contribution in [3.63, 3.8) is 0 Å². The third-order valence-electron chi connectivity index (χ3n) is 9.98. The Morgan fingerprint density at radius 1 is 1.02 bits per heavy atom. The lowest BCUT2D eigenvalue weighted by molar-refractivity contribution is -0.143. The van der Waals surface area contributed by atoms with Crippen LogP contribution >= 0.6 is 0 Å². The fourth-order valence-electron chi connectivity index (χ4n) is 8.02. The highest BCUT2D eigenvalue weighted by molar-refractivity contribution is 6.06. The van der Waals surface area contributed by atoms with Gasteiger partial charge in [-0.1, -0.05) is 55.7 Å². The van der Waals surface area contributed by atoms with Gasteiger partial charge in [-0.15, -0.1) is 0 Å². The van der Waals surface area contributed by atoms with Crippen LogP contribution in [0.3, 0.4) is 0 Å². The number of ether oxygens (including phenoxy) is 2. The summed E-state index contributed by atoms with van der Waals surface area (Å²) in [5.41, 5.74) is 7.49. The van der Waals surface area contributed by atoms with Crippen molar-refractivity contribution in [1.29, 1.82) is 0 Å². The van der Waals surface area contributed by atoms with Crippen LogP contribution in [0.1, 0.15) is 73.6 Å². The van der Waals surface area contributed by atoms with Crippen LogP contribution in [0.15, 0.2) is 53.6 Å². The summed E-state index contributed by atoms with van der Waals surface area (Å²) in [6, 6.07) is 14.5. The lowest BCUT2D eigenvalue weighted by atomic mass is 9.69. The van der Waals surface area contributed by atoms with Gasteiger partial charge in [0.1, 0.15) is 5.75 Å². The first-order chi connectivity index (χ1) is 20.4. The second-order valence-corrected chi connectivity index (χ2v) is 12.7. The summed E-state index contributed by atoms with van der Waals surface area (Å²) in [4.78, 5) is 29.2. The van der Waals surface area contributed by atoms with Gasteiger partial charge < -0.3 is 14.6 Å². The summed E-state index contributed by atoms with van der Waals surface area (Å²) < 4.78 is 12.1. The molecule has 6 nitrogen and oxygen atoms in total. The number of likely N-dealkylation sites (tertiary alicyclic amines) is 1. The van der Waals surface area contributed by atoms with Crippen molar-refractivity contribution in [2.24, 2.45) is 17.8 Å². The molecule has 1 N–H and O–H groups in total. The standard InChI is InChI=1S/C36H43NO5/c1-22-16-24(17-23(2)34(22)38)18-26(25-10-6-4-7-11-25)14-15-31-32-27(20-41-3)19-29-33(30(32)21-42-31)36(40)37(35(29)39)28-12-8-5-9-13-28/h4,6-7,10-11,16-18,28-31,33,38H,5,8-9,12-15,19-21H2,1-3H3/b26-18-/t29-,30+,31-,33-/m1/s1. The average Bonchev–Trinajstić information content (AvgIpc) is 3.53. The van der Waals surface area contributed by atoms with Gasteiger partial charge in [-0.3, -0.25) is 14.5 Å². The first-order valence-electron chi connectivity index (χ1n) is 15.6. The number of rotatable bonds is 8. The summed E-state index contributed by atoms with van der Waals surface area (Å²) in [6.07, 6.45) is 9.49. The van der Waals surface area contributed by atoms with E-state index in [0.717, 1.165) is 66.4 Å². The largest absolute Gasteiger partial charge is 0.507 e. The predicted molar refractivity (Wildman–Crippen MR) is 164 cm³/mol. The van der Waals surface area contributed by atoms with Gasteiger partial charge >= 0.3 is 0 Å². The lowest BCUT2D eigenvalue weighted by Crippen LogP contribution is -2.42. The molecule has 0 bridgehead atoms. The molecule has 2 heterocycles. The molecular weight excluding hydrogens is 526 g/mol. The maximum Gasteiger partial charge on any atom is 0.234 e. The second-order valence-electron chi connectivity index (χ2n) is 12.7. The second kappa shape index (κ2) is 12.2. The Kier molecular flexibility index (Phi) is 8.37. The summed E-state index contributed by atoms with van der Waals surface area (Å²) >= 11 is 0. The fourth-order valence-corrected chi connectivity index (χ4v) is 8.02. The molecule has 6 heteroatoms. The number of aromatic hydroxyl groups is 1. The van der Waals surface area contributed by atoms with Crippen molar-refractivity contribution in [3.8, 4) is 5.75 Å². The summed E-state index contributed by atoms with van der Waals surface area (Å²) in [5, 5.41) is 10.3. The van der Waals surface area contributed by atoms with E-state index < -0.39 is 0 Å². The number of imide groups is 1.